The smallest absolute Gasteiger partial charge is 0.466 e. The molecule has 2 aromatic rings. The van der Waals surface area contributed by atoms with Gasteiger partial charge in [-0.05, 0) is 82.7 Å². The van der Waals surface area contributed by atoms with Crippen molar-refractivity contribution in [1.82, 2.24) is 5.32 Å². The quantitative estimate of drug-likeness (QED) is 0.0378. The number of rotatable bonds is 38. The summed E-state index contributed by atoms with van der Waals surface area (Å²) in [5, 5.41) is 2.82. The largest absolute Gasteiger partial charge is 0.472 e. The third kappa shape index (κ3) is 25.3. The van der Waals surface area contributed by atoms with E-state index in [9.17, 15) is 19.0 Å². The average Bonchev–Trinajstić information content (AvgIpc) is 3.73. The third-order valence-electron chi connectivity index (χ3n) is 10.5. The Morgan fingerprint density at radius 1 is 0.638 bits per heavy atom. The molecule has 1 unspecified atom stereocenters. The number of likely N-dealkylation sites (N-methyl/N-ethyl adjacent to an activating group) is 1. The highest BCUT2D eigenvalue weighted by Crippen LogP contribution is 2.43. The molecule has 0 aromatic carbocycles. The van der Waals surface area contributed by atoms with Gasteiger partial charge in [-0.3, -0.25) is 18.6 Å². The molecule has 0 saturated carbocycles. The lowest BCUT2D eigenvalue weighted by Gasteiger charge is -2.20. The molecule has 0 saturated heterocycles. The highest BCUT2D eigenvalue weighted by atomic mass is 31.2. The Morgan fingerprint density at radius 2 is 1.12 bits per heavy atom. The van der Waals surface area contributed by atoms with Crippen molar-refractivity contribution in [3.05, 3.63) is 46.3 Å². The lowest BCUT2D eigenvalue weighted by Crippen LogP contribution is -2.29. The minimum atomic E-state index is -4.37. The fraction of sp³-hybridized carbons (Fsp3) is 0.783. The van der Waals surface area contributed by atoms with Gasteiger partial charge >= 0.3 is 19.8 Å². The maximum atomic E-state index is 12.7. The molecule has 2 aromatic heterocycles. The lowest BCUT2D eigenvalue weighted by molar-refractivity contribution is -0.161. The summed E-state index contributed by atoms with van der Waals surface area (Å²) in [6.45, 7) is 8.33. The van der Waals surface area contributed by atoms with Crippen molar-refractivity contribution >= 4 is 19.8 Å². The van der Waals surface area contributed by atoms with Crippen LogP contribution < -0.4 is 5.32 Å². The number of furan rings is 2. The van der Waals surface area contributed by atoms with Crippen LogP contribution in [0.5, 0.6) is 0 Å². The van der Waals surface area contributed by atoms with E-state index in [1.54, 1.807) is 7.05 Å². The van der Waals surface area contributed by atoms with Gasteiger partial charge in [0.15, 0.2) is 6.10 Å². The van der Waals surface area contributed by atoms with E-state index in [1.165, 1.54) is 68.9 Å². The third-order valence-corrected chi connectivity index (χ3v) is 11.5. The second-order valence-electron chi connectivity index (χ2n) is 16.0. The molecule has 11 nitrogen and oxygen atoms in total. The topological polar surface area (TPSA) is 147 Å². The summed E-state index contributed by atoms with van der Waals surface area (Å²) in [5.41, 5.74) is 2.55. The predicted octanol–water partition coefficient (Wildman–Crippen LogP) is 11.8. The lowest BCUT2D eigenvalue weighted by atomic mass is 10.1. The number of hydrogen-bond acceptors (Lipinski definition) is 10. The van der Waals surface area contributed by atoms with Crippen molar-refractivity contribution < 1.29 is 46.4 Å². The van der Waals surface area contributed by atoms with E-state index in [2.05, 4.69) is 45.1 Å². The van der Waals surface area contributed by atoms with Crippen molar-refractivity contribution in [3.8, 4) is 0 Å². The van der Waals surface area contributed by atoms with Gasteiger partial charge in [0.05, 0.1) is 13.2 Å². The summed E-state index contributed by atoms with van der Waals surface area (Å²) in [6.07, 6.45) is 25.2. The number of ether oxygens (including phenoxy) is 2. The molecule has 334 valence electrons. The first-order valence-electron chi connectivity index (χ1n) is 22.8. The number of esters is 2. The monoisotopic (exact) mass is 838 g/mol. The van der Waals surface area contributed by atoms with Crippen molar-refractivity contribution in [2.24, 2.45) is 0 Å². The number of unbranched alkanes of at least 4 members (excludes halogenated alkanes) is 16. The average molecular weight is 838 g/mol. The Bertz CT molecular complexity index is 1400. The van der Waals surface area contributed by atoms with Crippen molar-refractivity contribution in [3.63, 3.8) is 0 Å². The first kappa shape index (κ1) is 51.7. The van der Waals surface area contributed by atoms with Crippen LogP contribution in [0.15, 0.2) is 21.0 Å². The molecule has 0 fully saturated rings. The molecule has 2 atom stereocenters. The molecule has 0 spiro atoms. The van der Waals surface area contributed by atoms with Gasteiger partial charge in [0, 0.05) is 45.1 Å². The molecule has 58 heavy (non-hydrogen) atoms. The zero-order valence-electron chi connectivity index (χ0n) is 37.0. The van der Waals surface area contributed by atoms with Crippen LogP contribution in [-0.2, 0) is 58.4 Å². The molecule has 12 heteroatoms. The summed E-state index contributed by atoms with van der Waals surface area (Å²) in [6, 6.07) is 4.39. The number of carbonyl (C=O) groups excluding carboxylic acids is 2. The number of phosphoric ester groups is 1. The van der Waals surface area contributed by atoms with Gasteiger partial charge in [-0.2, -0.15) is 0 Å². The van der Waals surface area contributed by atoms with Crippen LogP contribution in [-0.4, -0.2) is 56.3 Å². The van der Waals surface area contributed by atoms with E-state index in [-0.39, 0.29) is 26.1 Å². The molecule has 0 radical (unpaired) electrons. The van der Waals surface area contributed by atoms with E-state index < -0.39 is 32.5 Å². The second-order valence-corrected chi connectivity index (χ2v) is 17.5. The molecule has 0 aliphatic carbocycles. The Balaban J connectivity index is 1.58. The minimum Gasteiger partial charge on any atom is -0.466 e. The van der Waals surface area contributed by atoms with Crippen LogP contribution in [0.2, 0.25) is 0 Å². The highest BCUT2D eigenvalue weighted by Gasteiger charge is 2.26. The van der Waals surface area contributed by atoms with Crippen LogP contribution in [0.4, 0.5) is 0 Å². The summed E-state index contributed by atoms with van der Waals surface area (Å²) in [5.74, 6) is 3.66. The summed E-state index contributed by atoms with van der Waals surface area (Å²) >= 11 is 0. The first-order chi connectivity index (χ1) is 28.1. The van der Waals surface area contributed by atoms with Crippen LogP contribution in [0.1, 0.15) is 189 Å². The Labute approximate surface area is 351 Å². The maximum Gasteiger partial charge on any atom is 0.472 e. The number of hydrogen-bond donors (Lipinski definition) is 2. The Morgan fingerprint density at radius 3 is 1.64 bits per heavy atom. The van der Waals surface area contributed by atoms with Crippen LogP contribution in [0, 0.1) is 13.8 Å². The fourth-order valence-corrected chi connectivity index (χ4v) is 7.80. The molecular formula is C46H80NO10P. The van der Waals surface area contributed by atoms with Gasteiger partial charge in [0.1, 0.15) is 29.6 Å². The first-order valence-corrected chi connectivity index (χ1v) is 24.3. The molecule has 0 aliphatic heterocycles. The van der Waals surface area contributed by atoms with Gasteiger partial charge in [-0.25, -0.2) is 4.57 Å². The van der Waals surface area contributed by atoms with E-state index in [0.29, 0.717) is 19.4 Å². The number of aryl methyl sites for hydroxylation is 6. The van der Waals surface area contributed by atoms with E-state index in [1.807, 2.05) is 0 Å². The van der Waals surface area contributed by atoms with E-state index in [0.717, 1.165) is 107 Å². The standard InChI is InChI=1S/C46H80NO10P/c1-6-8-21-27-41-35-39(4)44(56-41)29-23-18-14-10-12-16-20-25-31-46(49)57-42(37-54-58(50,51)53-33-32-47-5)36-52-45(48)30-24-19-15-11-9-13-17-22-28-43-38(3)34-40(55-43)26-7-2/h34-35,42,47H,6-33,36-37H2,1-5H3,(H,50,51)/t42-/m1/s1. The Kier molecular flexibility index (Phi) is 28.8. The van der Waals surface area contributed by atoms with Crippen LogP contribution in [0.3, 0.4) is 0 Å². The maximum absolute atomic E-state index is 12.7. The molecule has 2 heterocycles. The second kappa shape index (κ2) is 32.4. The molecular weight excluding hydrogens is 757 g/mol. The number of carbonyl (C=O) groups is 2. The normalized spacial score (nSPS) is 13.1. The molecule has 0 amide bonds. The SMILES string of the molecule is CCCCCc1cc(C)c(CCCCCCCCCCC(=O)O[C@H](COC(=O)CCCCCCCCCCc2oc(CCC)cc2C)COP(=O)(O)OCCNC)o1. The number of phosphoric acid groups is 1. The fourth-order valence-electron chi connectivity index (χ4n) is 7.05. The van der Waals surface area contributed by atoms with Crippen molar-refractivity contribution in [2.75, 3.05) is 33.4 Å². The van der Waals surface area contributed by atoms with Crippen molar-refractivity contribution in [2.45, 2.75) is 201 Å². The van der Waals surface area contributed by atoms with E-state index in [4.69, 9.17) is 27.4 Å². The van der Waals surface area contributed by atoms with Crippen molar-refractivity contribution in [1.29, 1.82) is 0 Å². The molecule has 0 aliphatic rings. The van der Waals surface area contributed by atoms with Crippen LogP contribution >= 0.6 is 7.82 Å². The van der Waals surface area contributed by atoms with E-state index >= 15 is 0 Å². The van der Waals surface area contributed by atoms with Gasteiger partial charge in [-0.1, -0.05) is 104 Å². The van der Waals surface area contributed by atoms with Crippen LogP contribution in [0.25, 0.3) is 0 Å². The summed E-state index contributed by atoms with van der Waals surface area (Å²) in [7, 11) is -2.67. The zero-order chi connectivity index (χ0) is 42.3. The summed E-state index contributed by atoms with van der Waals surface area (Å²) in [4.78, 5) is 35.3. The molecule has 0 bridgehead atoms. The van der Waals surface area contributed by atoms with Gasteiger partial charge < -0.3 is 28.5 Å². The minimum absolute atomic E-state index is 0.0280. The zero-order valence-corrected chi connectivity index (χ0v) is 37.9. The highest BCUT2D eigenvalue weighted by molar-refractivity contribution is 7.47. The Hall–Kier alpha value is -2.43. The van der Waals surface area contributed by atoms with Gasteiger partial charge in [0.25, 0.3) is 0 Å². The summed E-state index contributed by atoms with van der Waals surface area (Å²) < 4.78 is 45.4. The number of nitrogens with one attached hydrogen (secondary N) is 1. The van der Waals surface area contributed by atoms with Gasteiger partial charge in [-0.15, -0.1) is 0 Å². The molecule has 2 N–H and O–H groups in total. The van der Waals surface area contributed by atoms with Gasteiger partial charge in [0.2, 0.25) is 0 Å². The predicted molar refractivity (Wildman–Crippen MR) is 231 cm³/mol. The molecule has 2 rings (SSSR count).